The molecule has 0 unspecified atom stereocenters. The van der Waals surface area contributed by atoms with Crippen LogP contribution in [0.15, 0.2) is 144 Å². The molecule has 0 saturated carbocycles. The van der Waals surface area contributed by atoms with Crippen molar-refractivity contribution >= 4 is 38.9 Å². The molecule has 0 bridgehead atoms. The van der Waals surface area contributed by atoms with E-state index in [1.807, 2.05) is 0 Å². The van der Waals surface area contributed by atoms with Crippen LogP contribution < -0.4 is 4.90 Å². The van der Waals surface area contributed by atoms with E-state index >= 15 is 0 Å². The Morgan fingerprint density at radius 1 is 0.537 bits per heavy atom. The van der Waals surface area contributed by atoms with Gasteiger partial charge in [-0.05, 0) is 115 Å². The summed E-state index contributed by atoms with van der Waals surface area (Å²) in [5.41, 5.74) is 13.2. The van der Waals surface area contributed by atoms with Crippen molar-refractivity contribution in [2.24, 2.45) is 0 Å². The molecule has 0 atom stereocenters. The van der Waals surface area contributed by atoms with Gasteiger partial charge in [0.15, 0.2) is 0 Å². The van der Waals surface area contributed by atoms with E-state index in [4.69, 9.17) is 4.42 Å². The summed E-state index contributed by atoms with van der Waals surface area (Å²) in [7, 11) is 0. The number of hydrogen-bond donors (Lipinski definition) is 0. The van der Waals surface area contributed by atoms with Gasteiger partial charge in [-0.3, -0.25) is 0 Å². The van der Waals surface area contributed by atoms with Crippen molar-refractivity contribution in [2.45, 2.75) is 71.3 Å². The summed E-state index contributed by atoms with van der Waals surface area (Å²) in [6, 6.07) is 50.3. The Labute approximate surface area is 317 Å². The number of rotatable bonds is 12. The molecule has 268 valence electrons. The maximum Gasteiger partial charge on any atom is 0.248 e. The Morgan fingerprint density at radius 2 is 1.15 bits per heavy atom. The Morgan fingerprint density at radius 3 is 1.91 bits per heavy atom. The smallest absolute Gasteiger partial charge is 0.248 e. The van der Waals surface area contributed by atoms with Crippen LogP contribution in [0.25, 0.3) is 55.8 Å². The Balaban J connectivity index is 1.06. The Kier molecular flexibility index (Phi) is 8.86. The molecular weight excluding hydrogens is 661 g/mol. The minimum absolute atomic E-state index is 0.00880. The van der Waals surface area contributed by atoms with Crippen molar-refractivity contribution in [1.29, 1.82) is 0 Å². The molecule has 0 fully saturated rings. The van der Waals surface area contributed by atoms with Gasteiger partial charge in [0, 0.05) is 62.0 Å². The number of unbranched alkanes of at least 4 members (excludes halogenated alkanes) is 2. The molecule has 2 aromatic heterocycles. The first-order valence-corrected chi connectivity index (χ1v) is 19.7. The second-order valence-electron chi connectivity index (χ2n) is 14.7. The monoisotopic (exact) mass is 706 g/mol. The van der Waals surface area contributed by atoms with Gasteiger partial charge in [0.1, 0.15) is 0 Å². The standard InChI is InChI=1S/C49H46N4O/c1-4-7-30-49(31-8-5-2)43-20-14-12-18-39(43)40-28-24-35(32-44(40)49)48-51-50-47(54-48)34-22-25-37(26-23-34)53(36-16-10-9-11-17-36)38-27-29-46-42(33-38)41-19-13-15-21-45(41)52(46)6-3/h9-29,32-33H,4-8,30-31H2,1-3H3. The molecule has 5 heteroatoms. The minimum Gasteiger partial charge on any atom is -0.416 e. The van der Waals surface area contributed by atoms with Crippen LogP contribution in [0.2, 0.25) is 0 Å². The summed E-state index contributed by atoms with van der Waals surface area (Å²) in [6.07, 6.45) is 7.05. The van der Waals surface area contributed by atoms with E-state index in [2.05, 4.69) is 180 Å². The highest BCUT2D eigenvalue weighted by atomic mass is 16.4. The Bertz CT molecular complexity index is 2570. The van der Waals surface area contributed by atoms with Gasteiger partial charge >= 0.3 is 0 Å². The zero-order chi connectivity index (χ0) is 36.6. The molecule has 0 spiro atoms. The number of anilines is 3. The van der Waals surface area contributed by atoms with Gasteiger partial charge in [0.25, 0.3) is 0 Å². The summed E-state index contributed by atoms with van der Waals surface area (Å²) in [5.74, 6) is 1.07. The van der Waals surface area contributed by atoms with Gasteiger partial charge in [-0.2, -0.15) is 0 Å². The molecule has 0 aliphatic heterocycles. The topological polar surface area (TPSA) is 47.1 Å². The van der Waals surface area contributed by atoms with Crippen molar-refractivity contribution in [3.63, 3.8) is 0 Å². The van der Waals surface area contributed by atoms with Gasteiger partial charge in [0.05, 0.1) is 0 Å². The number of hydrogen-bond acceptors (Lipinski definition) is 4. The fourth-order valence-corrected chi connectivity index (χ4v) is 8.96. The number of para-hydroxylation sites is 2. The molecule has 6 aromatic carbocycles. The molecular formula is C49H46N4O. The van der Waals surface area contributed by atoms with Crippen LogP contribution in [-0.2, 0) is 12.0 Å². The van der Waals surface area contributed by atoms with Gasteiger partial charge in [-0.25, -0.2) is 0 Å². The zero-order valence-electron chi connectivity index (χ0n) is 31.4. The molecule has 1 aliphatic carbocycles. The van der Waals surface area contributed by atoms with E-state index in [9.17, 15) is 0 Å². The number of benzene rings is 6. The first-order valence-electron chi connectivity index (χ1n) is 19.7. The van der Waals surface area contributed by atoms with Crippen LogP contribution in [-0.4, -0.2) is 14.8 Å². The number of aromatic nitrogens is 3. The third kappa shape index (κ3) is 5.61. The molecule has 9 rings (SSSR count). The van der Waals surface area contributed by atoms with E-state index in [0.717, 1.165) is 47.6 Å². The fourth-order valence-electron chi connectivity index (χ4n) is 8.96. The summed E-state index contributed by atoms with van der Waals surface area (Å²) < 4.78 is 8.85. The quantitative estimate of drug-likeness (QED) is 0.127. The predicted octanol–water partition coefficient (Wildman–Crippen LogP) is 13.6. The average Bonchev–Trinajstić information content (AvgIpc) is 3.92. The zero-order valence-corrected chi connectivity index (χ0v) is 31.4. The molecule has 2 heterocycles. The lowest BCUT2D eigenvalue weighted by molar-refractivity contribution is 0.414. The fraction of sp³-hybridized carbons (Fsp3) is 0.224. The van der Waals surface area contributed by atoms with Gasteiger partial charge < -0.3 is 13.9 Å². The molecule has 1 aliphatic rings. The second-order valence-corrected chi connectivity index (χ2v) is 14.7. The summed E-state index contributed by atoms with van der Waals surface area (Å²) in [4.78, 5) is 2.31. The highest BCUT2D eigenvalue weighted by Crippen LogP contribution is 2.54. The van der Waals surface area contributed by atoms with Crippen molar-refractivity contribution in [2.75, 3.05) is 4.90 Å². The van der Waals surface area contributed by atoms with Gasteiger partial charge in [-0.1, -0.05) is 106 Å². The van der Waals surface area contributed by atoms with E-state index in [1.165, 1.54) is 69.7 Å². The molecule has 0 amide bonds. The second kappa shape index (κ2) is 14.1. The Hall–Kier alpha value is -5.94. The molecule has 0 saturated heterocycles. The van der Waals surface area contributed by atoms with Crippen LogP contribution in [0.5, 0.6) is 0 Å². The van der Waals surface area contributed by atoms with E-state index in [1.54, 1.807) is 0 Å². The maximum atomic E-state index is 6.46. The van der Waals surface area contributed by atoms with Crippen LogP contribution in [0.1, 0.15) is 70.4 Å². The summed E-state index contributed by atoms with van der Waals surface area (Å²) in [6.45, 7) is 7.72. The summed E-state index contributed by atoms with van der Waals surface area (Å²) >= 11 is 0. The molecule has 0 N–H and O–H groups in total. The number of fused-ring (bicyclic) bond motifs is 6. The van der Waals surface area contributed by atoms with Crippen LogP contribution in [0, 0.1) is 0 Å². The van der Waals surface area contributed by atoms with Crippen molar-refractivity contribution < 1.29 is 4.42 Å². The average molecular weight is 707 g/mol. The van der Waals surface area contributed by atoms with Crippen molar-refractivity contribution in [3.05, 3.63) is 151 Å². The van der Waals surface area contributed by atoms with Crippen LogP contribution in [0.3, 0.4) is 0 Å². The predicted molar refractivity (Wildman–Crippen MR) is 224 cm³/mol. The first-order chi connectivity index (χ1) is 26.6. The third-order valence-corrected chi connectivity index (χ3v) is 11.6. The lowest BCUT2D eigenvalue weighted by Crippen LogP contribution is -2.25. The lowest BCUT2D eigenvalue weighted by atomic mass is 9.70. The van der Waals surface area contributed by atoms with Gasteiger partial charge in [-0.15, -0.1) is 10.2 Å². The van der Waals surface area contributed by atoms with Crippen molar-refractivity contribution in [3.8, 4) is 34.0 Å². The SMILES string of the molecule is CCCCC1(CCCC)c2ccccc2-c2ccc(-c3nnc(-c4ccc(N(c5ccccc5)c5ccc6c(c5)c5ccccc5n6CC)cc4)o3)cc21. The van der Waals surface area contributed by atoms with E-state index in [-0.39, 0.29) is 5.41 Å². The molecule has 0 radical (unpaired) electrons. The molecule has 54 heavy (non-hydrogen) atoms. The highest BCUT2D eigenvalue weighted by molar-refractivity contribution is 6.09. The normalized spacial score (nSPS) is 13.0. The minimum atomic E-state index is 0.00880. The van der Waals surface area contributed by atoms with Gasteiger partial charge in [0.2, 0.25) is 11.8 Å². The van der Waals surface area contributed by atoms with Crippen LogP contribution >= 0.6 is 0 Å². The highest BCUT2D eigenvalue weighted by Gasteiger charge is 2.42. The summed E-state index contributed by atoms with van der Waals surface area (Å²) in [5, 5.41) is 11.7. The number of nitrogens with zero attached hydrogens (tertiary/aromatic N) is 4. The van der Waals surface area contributed by atoms with E-state index in [0.29, 0.717) is 11.8 Å². The number of aryl methyl sites for hydroxylation is 1. The maximum absolute atomic E-state index is 6.46. The molecule has 5 nitrogen and oxygen atoms in total. The largest absolute Gasteiger partial charge is 0.416 e. The van der Waals surface area contributed by atoms with Crippen LogP contribution in [0.4, 0.5) is 17.1 Å². The lowest BCUT2D eigenvalue weighted by Gasteiger charge is -2.32. The first kappa shape index (κ1) is 33.9. The molecule has 8 aromatic rings. The third-order valence-electron chi connectivity index (χ3n) is 11.6. The van der Waals surface area contributed by atoms with E-state index < -0.39 is 0 Å². The van der Waals surface area contributed by atoms with Crippen molar-refractivity contribution in [1.82, 2.24) is 14.8 Å².